The van der Waals surface area contributed by atoms with Crippen LogP contribution in [0.5, 0.6) is 0 Å². The molecule has 7 nitrogen and oxygen atoms in total. The van der Waals surface area contributed by atoms with Crippen LogP contribution in [0, 0.1) is 0 Å². The lowest BCUT2D eigenvalue weighted by Gasteiger charge is -2.32. The Balaban J connectivity index is 1.73. The third kappa shape index (κ3) is 5.05. The van der Waals surface area contributed by atoms with Gasteiger partial charge in [-0.1, -0.05) is 30.4 Å². The minimum atomic E-state index is -0.993. The van der Waals surface area contributed by atoms with E-state index in [2.05, 4.69) is 4.74 Å². The third-order valence-electron chi connectivity index (χ3n) is 7.08. The van der Waals surface area contributed by atoms with Crippen molar-refractivity contribution in [1.82, 2.24) is 4.98 Å². The number of aliphatic hydroxyl groups is 2. The van der Waals surface area contributed by atoms with Gasteiger partial charge in [0.1, 0.15) is 0 Å². The van der Waals surface area contributed by atoms with E-state index in [1.807, 2.05) is 58.0 Å². The molecule has 2 aromatic rings. The van der Waals surface area contributed by atoms with Crippen LogP contribution in [-0.4, -0.2) is 58.8 Å². The fourth-order valence-corrected chi connectivity index (χ4v) is 4.25. The zero-order valence-electron chi connectivity index (χ0n) is 20.6. The molecule has 2 atom stereocenters. The van der Waals surface area contributed by atoms with Crippen molar-refractivity contribution in [3.05, 3.63) is 41.6 Å². The van der Waals surface area contributed by atoms with E-state index in [0.29, 0.717) is 5.92 Å². The predicted molar refractivity (Wildman–Crippen MR) is 132 cm³/mol. The van der Waals surface area contributed by atoms with Crippen molar-refractivity contribution >= 4 is 35.5 Å². The molecule has 182 valence electrons. The second-order valence-corrected chi connectivity index (χ2v) is 10.3. The van der Waals surface area contributed by atoms with Gasteiger partial charge in [-0.25, -0.2) is 0 Å². The average Bonchev–Trinajstić information content (AvgIpc) is 3.57. The number of ether oxygens (including phenoxy) is 1. The third-order valence-corrected chi connectivity index (χ3v) is 7.08. The lowest BCUT2D eigenvalue weighted by Crippen LogP contribution is -2.41. The molecule has 2 N–H and O–H groups in total. The standard InChI is InChI=1S/C26H34BNO6/c1-25(2)26(3,4)34-27(33-25)23-19-8-6-7-9-21(19)28-24(16-10-11-16)20(23)13-12-17(29)14-18(30)15-22(31)32-5/h6-9,12-13,16-18,29-30H,10-11,14-15H2,1-5H3/b13-12+/t17-,18-/m1/s1. The normalized spacial score (nSPS) is 21.2. The molecule has 1 aromatic carbocycles. The molecular weight excluding hydrogens is 433 g/mol. The van der Waals surface area contributed by atoms with E-state index in [4.69, 9.17) is 14.3 Å². The van der Waals surface area contributed by atoms with Gasteiger partial charge < -0.3 is 24.3 Å². The molecule has 1 aliphatic heterocycles. The van der Waals surface area contributed by atoms with Crippen LogP contribution >= 0.6 is 0 Å². The first-order valence-electron chi connectivity index (χ1n) is 11.9. The van der Waals surface area contributed by atoms with Gasteiger partial charge in [-0.15, -0.1) is 0 Å². The Morgan fingerprint density at radius 1 is 1.21 bits per heavy atom. The lowest BCUT2D eigenvalue weighted by molar-refractivity contribution is -0.143. The highest BCUT2D eigenvalue weighted by molar-refractivity contribution is 6.66. The highest BCUT2D eigenvalue weighted by Crippen LogP contribution is 2.43. The molecule has 0 bridgehead atoms. The molecule has 0 radical (unpaired) electrons. The number of methoxy groups -OCH3 is 1. The first-order valence-corrected chi connectivity index (χ1v) is 11.9. The summed E-state index contributed by atoms with van der Waals surface area (Å²) in [5.41, 5.74) is 2.66. The summed E-state index contributed by atoms with van der Waals surface area (Å²) < 4.78 is 17.5. The van der Waals surface area contributed by atoms with Gasteiger partial charge in [-0.05, 0) is 52.2 Å². The maximum absolute atomic E-state index is 11.4. The van der Waals surface area contributed by atoms with E-state index < -0.39 is 36.5 Å². The van der Waals surface area contributed by atoms with Crippen LogP contribution in [0.1, 0.15) is 70.6 Å². The summed E-state index contributed by atoms with van der Waals surface area (Å²) in [6.07, 6.45) is 3.57. The minimum Gasteiger partial charge on any atom is -0.469 e. The maximum atomic E-state index is 11.4. The van der Waals surface area contributed by atoms with Crippen LogP contribution in [0.3, 0.4) is 0 Å². The highest BCUT2D eigenvalue weighted by atomic mass is 16.7. The minimum absolute atomic E-state index is 0.0250. The molecule has 2 heterocycles. The molecule has 34 heavy (non-hydrogen) atoms. The Kier molecular flexibility index (Phi) is 6.88. The Labute approximate surface area is 201 Å². The summed E-state index contributed by atoms with van der Waals surface area (Å²) in [7, 11) is 0.687. The number of hydrogen-bond acceptors (Lipinski definition) is 7. The number of nitrogens with zero attached hydrogens (tertiary/aromatic N) is 1. The van der Waals surface area contributed by atoms with E-state index >= 15 is 0 Å². The fourth-order valence-electron chi connectivity index (χ4n) is 4.25. The fraction of sp³-hybridized carbons (Fsp3) is 0.538. The van der Waals surface area contributed by atoms with Crippen molar-refractivity contribution in [3.8, 4) is 0 Å². The van der Waals surface area contributed by atoms with Crippen molar-refractivity contribution in [3.63, 3.8) is 0 Å². The number of esters is 1. The number of benzene rings is 1. The van der Waals surface area contributed by atoms with Crippen LogP contribution in [0.25, 0.3) is 17.0 Å². The number of aliphatic hydroxyl groups excluding tert-OH is 2. The number of pyridine rings is 1. The molecule has 0 amide bonds. The molecule has 1 saturated carbocycles. The molecular formula is C26H34BNO6. The van der Waals surface area contributed by atoms with Crippen LogP contribution < -0.4 is 5.46 Å². The summed E-state index contributed by atoms with van der Waals surface area (Å²) in [6, 6.07) is 7.97. The summed E-state index contributed by atoms with van der Waals surface area (Å²) in [5, 5.41) is 21.6. The van der Waals surface area contributed by atoms with E-state index in [1.165, 1.54) is 7.11 Å². The van der Waals surface area contributed by atoms with Gasteiger partial charge in [0.25, 0.3) is 0 Å². The largest absolute Gasteiger partial charge is 0.496 e. The number of fused-ring (bicyclic) bond motifs is 1. The average molecular weight is 467 g/mol. The van der Waals surface area contributed by atoms with E-state index in [9.17, 15) is 15.0 Å². The quantitative estimate of drug-likeness (QED) is 0.455. The molecule has 4 rings (SSSR count). The zero-order valence-corrected chi connectivity index (χ0v) is 20.6. The van der Waals surface area contributed by atoms with E-state index in [-0.39, 0.29) is 12.8 Å². The van der Waals surface area contributed by atoms with Gasteiger partial charge in [0.2, 0.25) is 0 Å². The highest BCUT2D eigenvalue weighted by Gasteiger charge is 2.53. The van der Waals surface area contributed by atoms with Gasteiger partial charge in [0.05, 0.1) is 48.2 Å². The molecule has 1 aromatic heterocycles. The Morgan fingerprint density at radius 3 is 2.47 bits per heavy atom. The zero-order chi connectivity index (χ0) is 24.7. The van der Waals surface area contributed by atoms with Crippen LogP contribution in [-0.2, 0) is 18.8 Å². The topological polar surface area (TPSA) is 98.1 Å². The number of aromatic nitrogens is 1. The number of hydrogen-bond donors (Lipinski definition) is 2. The molecule has 2 aliphatic rings. The Morgan fingerprint density at radius 2 is 1.85 bits per heavy atom. The van der Waals surface area contributed by atoms with Crippen molar-refractivity contribution < 1.29 is 29.1 Å². The first kappa shape index (κ1) is 24.9. The molecule has 1 saturated heterocycles. The van der Waals surface area contributed by atoms with Gasteiger partial charge >= 0.3 is 13.1 Å². The number of carbonyl (C=O) groups is 1. The maximum Gasteiger partial charge on any atom is 0.496 e. The number of rotatable bonds is 8. The summed E-state index contributed by atoms with van der Waals surface area (Å²) >= 11 is 0. The monoisotopic (exact) mass is 467 g/mol. The number of para-hydroxylation sites is 1. The van der Waals surface area contributed by atoms with Crippen LogP contribution in [0.15, 0.2) is 30.3 Å². The molecule has 0 spiro atoms. The molecule has 8 heteroatoms. The molecule has 2 fully saturated rings. The second-order valence-electron chi connectivity index (χ2n) is 10.3. The molecule has 1 aliphatic carbocycles. The smallest absolute Gasteiger partial charge is 0.469 e. The summed E-state index contributed by atoms with van der Waals surface area (Å²) in [6.45, 7) is 8.11. The number of carbonyl (C=O) groups excluding carboxylic acids is 1. The molecule has 0 unspecified atom stereocenters. The SMILES string of the molecule is COC(=O)C[C@H](O)C[C@H](O)/C=C/c1c(C2CC2)nc2ccccc2c1B1OC(C)(C)C(C)(C)O1. The van der Waals surface area contributed by atoms with Gasteiger partial charge in [0, 0.05) is 23.2 Å². The Hall–Kier alpha value is -2.26. The van der Waals surface area contributed by atoms with Gasteiger partial charge in [-0.2, -0.15) is 0 Å². The summed E-state index contributed by atoms with van der Waals surface area (Å²) in [4.78, 5) is 16.4. The second kappa shape index (κ2) is 9.42. The summed E-state index contributed by atoms with van der Waals surface area (Å²) in [5.74, 6) is -0.158. The van der Waals surface area contributed by atoms with Gasteiger partial charge in [0.15, 0.2) is 0 Å². The van der Waals surface area contributed by atoms with Crippen LogP contribution in [0.2, 0.25) is 0 Å². The van der Waals surface area contributed by atoms with Crippen molar-refractivity contribution in [2.75, 3.05) is 7.11 Å². The van der Waals surface area contributed by atoms with Crippen LogP contribution in [0.4, 0.5) is 0 Å². The van der Waals surface area contributed by atoms with Crippen molar-refractivity contribution in [1.29, 1.82) is 0 Å². The predicted octanol–water partition coefficient (Wildman–Crippen LogP) is 3.10. The van der Waals surface area contributed by atoms with E-state index in [1.54, 1.807) is 6.08 Å². The van der Waals surface area contributed by atoms with Gasteiger partial charge in [-0.3, -0.25) is 9.78 Å². The first-order chi connectivity index (χ1) is 16.0. The van der Waals surface area contributed by atoms with Crippen molar-refractivity contribution in [2.24, 2.45) is 0 Å². The Bertz CT molecular complexity index is 1080. The van der Waals surface area contributed by atoms with E-state index in [0.717, 1.165) is 40.5 Å². The lowest BCUT2D eigenvalue weighted by atomic mass is 9.72. The van der Waals surface area contributed by atoms with Crippen molar-refractivity contribution in [2.45, 2.75) is 82.7 Å².